The monoisotopic (exact) mass is 271 g/mol. The maximum absolute atomic E-state index is 12.5. The molecule has 1 unspecified atom stereocenters. The summed E-state index contributed by atoms with van der Waals surface area (Å²) in [6.45, 7) is 6.05. The average molecular weight is 271 g/mol. The van der Waals surface area contributed by atoms with Gasteiger partial charge in [-0.2, -0.15) is 0 Å². The number of hydrogen-bond acceptors (Lipinski definition) is 4. The number of ether oxygens (including phenoxy) is 1. The van der Waals surface area contributed by atoms with E-state index in [1.165, 1.54) is 0 Å². The number of rotatable bonds is 2. The summed E-state index contributed by atoms with van der Waals surface area (Å²) in [5, 5.41) is 0.926. The molecule has 104 valence electrons. The van der Waals surface area contributed by atoms with Crippen molar-refractivity contribution in [1.29, 1.82) is 0 Å². The van der Waals surface area contributed by atoms with Gasteiger partial charge in [0.2, 0.25) is 0 Å². The molecule has 0 saturated carbocycles. The van der Waals surface area contributed by atoms with E-state index in [0.717, 1.165) is 22.2 Å². The number of carbonyl (C=O) groups excluding carboxylic acids is 1. The average Bonchev–Trinajstić information content (AvgIpc) is 2.60. The van der Waals surface area contributed by atoms with Crippen LogP contribution in [0, 0.1) is 6.92 Å². The van der Waals surface area contributed by atoms with Crippen molar-refractivity contribution in [2.75, 3.05) is 18.6 Å². The molecule has 5 heteroatoms. The highest BCUT2D eigenvalue weighted by Gasteiger charge is 2.47. The van der Waals surface area contributed by atoms with E-state index >= 15 is 0 Å². The predicted molar refractivity (Wildman–Crippen MR) is 76.7 cm³/mol. The van der Waals surface area contributed by atoms with Crippen molar-refractivity contribution in [2.24, 2.45) is 0 Å². The Morgan fingerprint density at radius 3 is 2.85 bits per heavy atom. The summed E-state index contributed by atoms with van der Waals surface area (Å²) in [4.78, 5) is 22.8. The van der Waals surface area contributed by atoms with Gasteiger partial charge in [-0.1, -0.05) is 0 Å². The molecule has 1 aromatic heterocycles. The van der Waals surface area contributed by atoms with Crippen LogP contribution in [-0.4, -0.2) is 29.5 Å². The second-order valence-electron chi connectivity index (χ2n) is 5.18. The quantitative estimate of drug-likeness (QED) is 0.840. The van der Waals surface area contributed by atoms with Crippen molar-refractivity contribution >= 4 is 22.5 Å². The summed E-state index contributed by atoms with van der Waals surface area (Å²) >= 11 is 0. The number of fused-ring (bicyclic) bond motifs is 2. The van der Waals surface area contributed by atoms with Crippen LogP contribution in [-0.2, 0) is 15.1 Å². The van der Waals surface area contributed by atoms with Gasteiger partial charge < -0.3 is 9.64 Å². The fourth-order valence-electron chi connectivity index (χ4n) is 2.79. The topological polar surface area (TPSA) is 55.3 Å². The smallest absolute Gasteiger partial charge is 0.263 e. The zero-order valence-electron chi connectivity index (χ0n) is 12.1. The number of anilines is 1. The van der Waals surface area contributed by atoms with Crippen LogP contribution >= 0.6 is 0 Å². The maximum Gasteiger partial charge on any atom is 0.263 e. The Morgan fingerprint density at radius 1 is 1.40 bits per heavy atom. The molecule has 0 spiro atoms. The number of amides is 1. The first-order chi connectivity index (χ1) is 9.47. The summed E-state index contributed by atoms with van der Waals surface area (Å²) in [7, 11) is 1.77. The molecule has 1 aliphatic rings. The van der Waals surface area contributed by atoms with Crippen molar-refractivity contribution in [3.8, 4) is 0 Å². The van der Waals surface area contributed by atoms with Gasteiger partial charge in [-0.15, -0.1) is 0 Å². The molecule has 0 aliphatic carbocycles. The lowest BCUT2D eigenvalue weighted by Gasteiger charge is -2.23. The lowest BCUT2D eigenvalue weighted by Crippen LogP contribution is -2.38. The molecule has 0 radical (unpaired) electrons. The molecular weight excluding hydrogens is 254 g/mol. The van der Waals surface area contributed by atoms with Gasteiger partial charge >= 0.3 is 0 Å². The number of nitrogens with zero attached hydrogens (tertiary/aromatic N) is 3. The molecular formula is C15H17N3O2. The first-order valence-corrected chi connectivity index (χ1v) is 6.67. The van der Waals surface area contributed by atoms with Crippen molar-refractivity contribution in [3.05, 3.63) is 29.7 Å². The normalized spacial score (nSPS) is 21.6. The molecule has 0 N–H and O–H groups in total. The molecule has 2 heterocycles. The van der Waals surface area contributed by atoms with Crippen LogP contribution in [0.5, 0.6) is 0 Å². The number of hydrogen-bond donors (Lipinski definition) is 0. The zero-order valence-corrected chi connectivity index (χ0v) is 12.1. The van der Waals surface area contributed by atoms with Crippen LogP contribution in [0.1, 0.15) is 25.2 Å². The molecule has 1 aliphatic heterocycles. The van der Waals surface area contributed by atoms with Gasteiger partial charge in [-0.05, 0) is 32.9 Å². The van der Waals surface area contributed by atoms with Crippen molar-refractivity contribution in [3.63, 3.8) is 0 Å². The largest absolute Gasteiger partial charge is 0.361 e. The van der Waals surface area contributed by atoms with E-state index in [1.807, 2.05) is 32.9 Å². The number of benzene rings is 1. The highest BCUT2D eigenvalue weighted by molar-refractivity contribution is 6.08. The van der Waals surface area contributed by atoms with E-state index in [2.05, 4.69) is 9.97 Å². The SMILES string of the molecule is CCOC1(C)C(=O)N(C)c2cc3cnc(C)nc3cc21. The van der Waals surface area contributed by atoms with E-state index < -0.39 is 5.60 Å². The second kappa shape index (κ2) is 4.24. The van der Waals surface area contributed by atoms with Crippen molar-refractivity contribution in [2.45, 2.75) is 26.4 Å². The first kappa shape index (κ1) is 13.0. The maximum atomic E-state index is 12.5. The summed E-state index contributed by atoms with van der Waals surface area (Å²) in [5.74, 6) is 0.669. The van der Waals surface area contributed by atoms with Crippen molar-refractivity contribution in [1.82, 2.24) is 9.97 Å². The number of likely N-dealkylation sites (N-methyl/N-ethyl adjacent to an activating group) is 1. The van der Waals surface area contributed by atoms with E-state index in [4.69, 9.17) is 4.74 Å². The van der Waals surface area contributed by atoms with Gasteiger partial charge in [-0.3, -0.25) is 4.79 Å². The predicted octanol–water partition coefficient (Wildman–Crippen LogP) is 2.17. The Bertz CT molecular complexity index is 714. The summed E-state index contributed by atoms with van der Waals surface area (Å²) < 4.78 is 5.74. The Hall–Kier alpha value is -2.01. The minimum atomic E-state index is -0.925. The van der Waals surface area contributed by atoms with Gasteiger partial charge in [0.15, 0.2) is 5.60 Å². The molecule has 3 rings (SSSR count). The van der Waals surface area contributed by atoms with Crippen LogP contribution in [0.15, 0.2) is 18.3 Å². The molecule has 5 nitrogen and oxygen atoms in total. The molecule has 2 aromatic rings. The Kier molecular flexibility index (Phi) is 2.76. The third-order valence-corrected chi connectivity index (χ3v) is 3.84. The third kappa shape index (κ3) is 1.63. The van der Waals surface area contributed by atoms with E-state index in [9.17, 15) is 4.79 Å². The zero-order chi connectivity index (χ0) is 14.5. The highest BCUT2D eigenvalue weighted by Crippen LogP contribution is 2.43. The van der Waals surface area contributed by atoms with Crippen LogP contribution in [0.2, 0.25) is 0 Å². The molecule has 0 bridgehead atoms. The summed E-state index contributed by atoms with van der Waals surface area (Å²) in [6.07, 6.45) is 1.78. The molecule has 0 saturated heterocycles. The Morgan fingerprint density at radius 2 is 2.15 bits per heavy atom. The molecule has 0 fully saturated rings. The highest BCUT2D eigenvalue weighted by atomic mass is 16.5. The van der Waals surface area contributed by atoms with Gasteiger partial charge in [-0.25, -0.2) is 9.97 Å². The number of aromatic nitrogens is 2. The van der Waals surface area contributed by atoms with Gasteiger partial charge in [0.05, 0.1) is 11.2 Å². The standard InChI is InChI=1S/C15H17N3O2/c1-5-20-15(3)11-7-12-10(8-16-9(2)17-12)6-13(11)18(4)14(15)19/h6-8H,5H2,1-4H3. The number of carbonyl (C=O) groups is 1. The van der Waals surface area contributed by atoms with Crippen molar-refractivity contribution < 1.29 is 9.53 Å². The van der Waals surface area contributed by atoms with Crippen LogP contribution in [0.3, 0.4) is 0 Å². The van der Waals surface area contributed by atoms with E-state index in [-0.39, 0.29) is 5.91 Å². The Labute approximate surface area is 117 Å². The van der Waals surface area contributed by atoms with Gasteiger partial charge in [0.25, 0.3) is 5.91 Å². The van der Waals surface area contributed by atoms with Gasteiger partial charge in [0.1, 0.15) is 5.82 Å². The first-order valence-electron chi connectivity index (χ1n) is 6.67. The van der Waals surface area contributed by atoms with E-state index in [1.54, 1.807) is 18.1 Å². The van der Waals surface area contributed by atoms with Crippen LogP contribution in [0.25, 0.3) is 10.9 Å². The fraction of sp³-hybridized carbons (Fsp3) is 0.400. The van der Waals surface area contributed by atoms with E-state index in [0.29, 0.717) is 12.4 Å². The minimum absolute atomic E-state index is 0.0469. The lowest BCUT2D eigenvalue weighted by atomic mass is 9.96. The van der Waals surface area contributed by atoms with Crippen LogP contribution < -0.4 is 4.90 Å². The molecule has 1 atom stereocenters. The minimum Gasteiger partial charge on any atom is -0.361 e. The summed E-state index contributed by atoms with van der Waals surface area (Å²) in [6, 6.07) is 3.89. The Balaban J connectivity index is 2.29. The lowest BCUT2D eigenvalue weighted by molar-refractivity contribution is -0.140. The molecule has 1 aromatic carbocycles. The van der Waals surface area contributed by atoms with Gasteiger partial charge in [0, 0.05) is 30.8 Å². The second-order valence-corrected chi connectivity index (χ2v) is 5.18. The number of aryl methyl sites for hydroxylation is 1. The molecule has 20 heavy (non-hydrogen) atoms. The molecule has 1 amide bonds. The third-order valence-electron chi connectivity index (χ3n) is 3.84. The fourth-order valence-corrected chi connectivity index (χ4v) is 2.79. The summed E-state index contributed by atoms with van der Waals surface area (Å²) in [5.41, 5.74) is 1.65. The van der Waals surface area contributed by atoms with Crippen LogP contribution in [0.4, 0.5) is 5.69 Å².